The standard InChI is InChI=1S/C10H18N2O3.ClH/c1-10(2,3)15-9(14)12-5-7(4-11)8(13)6-12;/h7H,4-6,11H2,1-3H3;1H. The van der Waals surface area contributed by atoms with Crippen molar-refractivity contribution in [2.45, 2.75) is 26.4 Å². The van der Waals surface area contributed by atoms with Crippen LogP contribution in [-0.4, -0.2) is 42.0 Å². The summed E-state index contributed by atoms with van der Waals surface area (Å²) in [4.78, 5) is 24.3. The van der Waals surface area contributed by atoms with Crippen LogP contribution >= 0.6 is 12.4 Å². The summed E-state index contributed by atoms with van der Waals surface area (Å²) < 4.78 is 5.16. The first-order chi connectivity index (χ1) is 6.83. The Labute approximate surface area is 102 Å². The molecule has 1 aliphatic heterocycles. The number of rotatable bonds is 1. The van der Waals surface area contributed by atoms with Crippen LogP contribution in [0.4, 0.5) is 4.79 Å². The third-order valence-corrected chi connectivity index (χ3v) is 2.18. The molecule has 5 nitrogen and oxygen atoms in total. The van der Waals surface area contributed by atoms with Gasteiger partial charge in [0.25, 0.3) is 0 Å². The van der Waals surface area contributed by atoms with Gasteiger partial charge in [-0.3, -0.25) is 4.79 Å². The van der Waals surface area contributed by atoms with Crippen molar-refractivity contribution in [1.82, 2.24) is 4.90 Å². The van der Waals surface area contributed by atoms with Crippen LogP contribution in [0.5, 0.6) is 0 Å². The summed E-state index contributed by atoms with van der Waals surface area (Å²) in [7, 11) is 0. The van der Waals surface area contributed by atoms with E-state index in [0.29, 0.717) is 6.54 Å². The quantitative estimate of drug-likeness (QED) is 0.747. The Hall–Kier alpha value is -0.810. The van der Waals surface area contributed by atoms with Crippen LogP contribution in [0.25, 0.3) is 0 Å². The van der Waals surface area contributed by atoms with Crippen LogP contribution in [0, 0.1) is 5.92 Å². The molecule has 0 aromatic carbocycles. The molecule has 0 saturated carbocycles. The van der Waals surface area contributed by atoms with E-state index in [1.165, 1.54) is 4.90 Å². The molecule has 0 aliphatic carbocycles. The predicted octanol–water partition coefficient (Wildman–Crippen LogP) is 0.803. The van der Waals surface area contributed by atoms with Gasteiger partial charge in [0.1, 0.15) is 5.60 Å². The van der Waals surface area contributed by atoms with Crippen LogP contribution in [0.2, 0.25) is 0 Å². The van der Waals surface area contributed by atoms with E-state index in [1.54, 1.807) is 20.8 Å². The average Bonchev–Trinajstić information content (AvgIpc) is 2.43. The molecule has 0 aromatic rings. The molecule has 0 spiro atoms. The third kappa shape index (κ3) is 3.98. The Morgan fingerprint density at radius 2 is 2.12 bits per heavy atom. The van der Waals surface area contributed by atoms with Gasteiger partial charge in [-0.05, 0) is 20.8 Å². The second-order valence-corrected chi connectivity index (χ2v) is 4.76. The van der Waals surface area contributed by atoms with Crippen LogP contribution in [0.15, 0.2) is 0 Å². The number of hydrogen-bond donors (Lipinski definition) is 1. The summed E-state index contributed by atoms with van der Waals surface area (Å²) in [6, 6.07) is 0. The van der Waals surface area contributed by atoms with Gasteiger partial charge in [-0.25, -0.2) is 4.79 Å². The highest BCUT2D eigenvalue weighted by Crippen LogP contribution is 2.16. The lowest BCUT2D eigenvalue weighted by molar-refractivity contribution is -0.119. The van der Waals surface area contributed by atoms with Gasteiger partial charge in [-0.1, -0.05) is 0 Å². The van der Waals surface area contributed by atoms with Crippen molar-refractivity contribution < 1.29 is 14.3 Å². The summed E-state index contributed by atoms with van der Waals surface area (Å²) in [5.41, 5.74) is 4.89. The summed E-state index contributed by atoms with van der Waals surface area (Å²) in [6.07, 6.45) is -0.438. The summed E-state index contributed by atoms with van der Waals surface area (Å²) in [6.45, 7) is 6.18. The van der Waals surface area contributed by atoms with Crippen LogP contribution in [-0.2, 0) is 9.53 Å². The molecule has 1 amide bonds. The van der Waals surface area contributed by atoms with Gasteiger partial charge in [0.15, 0.2) is 5.78 Å². The van der Waals surface area contributed by atoms with Gasteiger partial charge < -0.3 is 15.4 Å². The van der Waals surface area contributed by atoms with E-state index in [-0.39, 0.29) is 37.2 Å². The Morgan fingerprint density at radius 3 is 2.50 bits per heavy atom. The SMILES string of the molecule is CC(C)(C)OC(=O)N1CC(=O)C(CN)C1.Cl. The second kappa shape index (κ2) is 5.50. The molecule has 1 atom stereocenters. The van der Waals surface area contributed by atoms with Crippen molar-refractivity contribution in [3.8, 4) is 0 Å². The molecule has 1 rings (SSSR count). The first-order valence-corrected chi connectivity index (χ1v) is 5.04. The van der Waals surface area contributed by atoms with Gasteiger partial charge in [0.2, 0.25) is 0 Å². The largest absolute Gasteiger partial charge is 0.444 e. The van der Waals surface area contributed by atoms with Crippen LogP contribution in [0.1, 0.15) is 20.8 Å². The van der Waals surface area contributed by atoms with Gasteiger partial charge in [-0.2, -0.15) is 0 Å². The minimum absolute atomic E-state index is 0. The lowest BCUT2D eigenvalue weighted by Gasteiger charge is -2.23. The van der Waals surface area contributed by atoms with Crippen molar-refractivity contribution in [2.24, 2.45) is 11.7 Å². The number of hydrogen-bond acceptors (Lipinski definition) is 4. The number of nitrogens with zero attached hydrogens (tertiary/aromatic N) is 1. The van der Waals surface area contributed by atoms with Crippen molar-refractivity contribution in [3.63, 3.8) is 0 Å². The van der Waals surface area contributed by atoms with E-state index in [2.05, 4.69) is 0 Å². The predicted molar refractivity (Wildman–Crippen MR) is 62.6 cm³/mol. The molecule has 6 heteroatoms. The zero-order valence-electron chi connectivity index (χ0n) is 9.86. The number of halogens is 1. The van der Waals surface area contributed by atoms with Gasteiger partial charge in [0, 0.05) is 19.0 Å². The number of nitrogens with two attached hydrogens (primary N) is 1. The minimum Gasteiger partial charge on any atom is -0.444 e. The van der Waals surface area contributed by atoms with Crippen molar-refractivity contribution in [1.29, 1.82) is 0 Å². The Balaban J connectivity index is 0.00000225. The van der Waals surface area contributed by atoms with Crippen molar-refractivity contribution in [3.05, 3.63) is 0 Å². The maximum Gasteiger partial charge on any atom is 0.410 e. The summed E-state index contributed by atoms with van der Waals surface area (Å²) in [5.74, 6) is -0.208. The van der Waals surface area contributed by atoms with E-state index in [0.717, 1.165) is 0 Å². The topological polar surface area (TPSA) is 72.6 Å². The first kappa shape index (κ1) is 15.2. The summed E-state index contributed by atoms with van der Waals surface area (Å²) >= 11 is 0. The number of likely N-dealkylation sites (tertiary alicyclic amines) is 1. The number of ketones is 1. The molecular weight excluding hydrogens is 232 g/mol. The summed E-state index contributed by atoms with van der Waals surface area (Å²) in [5, 5.41) is 0. The van der Waals surface area contributed by atoms with E-state index in [1.807, 2.05) is 0 Å². The van der Waals surface area contributed by atoms with Gasteiger partial charge in [-0.15, -0.1) is 12.4 Å². The highest BCUT2D eigenvalue weighted by atomic mass is 35.5. The number of amides is 1. The normalized spacial score (nSPS) is 20.6. The van der Waals surface area contributed by atoms with Crippen molar-refractivity contribution in [2.75, 3.05) is 19.6 Å². The second-order valence-electron chi connectivity index (χ2n) is 4.76. The van der Waals surface area contributed by atoms with Gasteiger partial charge >= 0.3 is 6.09 Å². The van der Waals surface area contributed by atoms with Crippen LogP contribution < -0.4 is 5.73 Å². The van der Waals surface area contributed by atoms with E-state index in [4.69, 9.17) is 10.5 Å². The highest BCUT2D eigenvalue weighted by Gasteiger charge is 2.34. The van der Waals surface area contributed by atoms with Crippen LogP contribution in [0.3, 0.4) is 0 Å². The first-order valence-electron chi connectivity index (χ1n) is 5.04. The molecule has 1 saturated heterocycles. The van der Waals surface area contributed by atoms with E-state index in [9.17, 15) is 9.59 Å². The lowest BCUT2D eigenvalue weighted by Crippen LogP contribution is -2.35. The maximum absolute atomic E-state index is 11.6. The highest BCUT2D eigenvalue weighted by molar-refractivity contribution is 5.89. The Bertz CT molecular complexity index is 276. The fraction of sp³-hybridized carbons (Fsp3) is 0.800. The molecule has 1 aliphatic rings. The van der Waals surface area contributed by atoms with E-state index < -0.39 is 11.7 Å². The number of Topliss-reactive ketones (excluding diaryl/α,β-unsaturated/α-hetero) is 1. The Kier molecular flexibility index (Phi) is 5.22. The number of carbonyl (C=O) groups is 2. The van der Waals surface area contributed by atoms with E-state index >= 15 is 0 Å². The molecule has 1 unspecified atom stereocenters. The molecular formula is C10H19ClN2O3. The maximum atomic E-state index is 11.6. The molecule has 94 valence electrons. The molecule has 1 fully saturated rings. The number of ether oxygens (including phenoxy) is 1. The number of carbonyl (C=O) groups excluding carboxylic acids is 2. The average molecular weight is 251 g/mol. The monoisotopic (exact) mass is 250 g/mol. The fourth-order valence-electron chi connectivity index (χ4n) is 1.42. The fourth-order valence-corrected chi connectivity index (χ4v) is 1.42. The molecule has 2 N–H and O–H groups in total. The molecule has 0 bridgehead atoms. The molecule has 0 radical (unpaired) electrons. The molecule has 0 aromatic heterocycles. The third-order valence-electron chi connectivity index (χ3n) is 2.18. The Morgan fingerprint density at radius 1 is 1.56 bits per heavy atom. The lowest BCUT2D eigenvalue weighted by atomic mass is 10.1. The zero-order chi connectivity index (χ0) is 11.6. The smallest absolute Gasteiger partial charge is 0.410 e. The molecule has 1 heterocycles. The minimum atomic E-state index is -0.527. The zero-order valence-corrected chi connectivity index (χ0v) is 10.7. The van der Waals surface area contributed by atoms with Gasteiger partial charge in [0.05, 0.1) is 6.54 Å². The van der Waals surface area contributed by atoms with Crippen molar-refractivity contribution >= 4 is 24.3 Å². The molecule has 16 heavy (non-hydrogen) atoms.